The summed E-state index contributed by atoms with van der Waals surface area (Å²) < 4.78 is 0. The highest BCUT2D eigenvalue weighted by Crippen LogP contribution is 2.26. The van der Waals surface area contributed by atoms with E-state index in [0.29, 0.717) is 5.25 Å². The summed E-state index contributed by atoms with van der Waals surface area (Å²) in [5.74, 6) is 0. The number of nitrogens with one attached hydrogen (secondary N) is 1. The largest absolute Gasteiger partial charge is 0.354 e. The van der Waals surface area contributed by atoms with Gasteiger partial charge in [0.2, 0.25) is 0 Å². The molecule has 0 saturated carbocycles. The molecule has 15 heavy (non-hydrogen) atoms. The maximum Gasteiger partial charge on any atom is 0.157 e. The molecule has 5 heteroatoms. The van der Waals surface area contributed by atoms with E-state index in [2.05, 4.69) is 36.1 Å². The Morgan fingerprint density at radius 3 is 2.87 bits per heavy atom. The molecule has 0 aliphatic carbocycles. The van der Waals surface area contributed by atoms with Crippen LogP contribution in [0.5, 0.6) is 0 Å². The first-order chi connectivity index (χ1) is 7.08. The number of rotatable bonds is 2. The van der Waals surface area contributed by atoms with E-state index in [1.54, 1.807) is 23.1 Å². The van der Waals surface area contributed by atoms with Gasteiger partial charge in [0, 0.05) is 16.8 Å². The van der Waals surface area contributed by atoms with Crippen LogP contribution in [0.4, 0.5) is 0 Å². The van der Waals surface area contributed by atoms with Crippen LogP contribution in [0.3, 0.4) is 0 Å². The van der Waals surface area contributed by atoms with E-state index in [4.69, 9.17) is 0 Å². The van der Waals surface area contributed by atoms with Gasteiger partial charge in [-0.2, -0.15) is 0 Å². The minimum absolute atomic E-state index is 0.121. The van der Waals surface area contributed by atoms with Gasteiger partial charge in [0.25, 0.3) is 0 Å². The summed E-state index contributed by atoms with van der Waals surface area (Å²) in [6.07, 6.45) is 1.84. The smallest absolute Gasteiger partial charge is 0.157 e. The van der Waals surface area contributed by atoms with Gasteiger partial charge in [-0.05, 0) is 13.8 Å². The summed E-state index contributed by atoms with van der Waals surface area (Å²) in [7, 11) is 0. The van der Waals surface area contributed by atoms with E-state index in [1.165, 1.54) is 0 Å². The Labute approximate surface area is 98.4 Å². The van der Waals surface area contributed by atoms with E-state index >= 15 is 0 Å². The molecule has 0 amide bonds. The summed E-state index contributed by atoms with van der Waals surface area (Å²) in [5, 5.41) is 8.20. The zero-order valence-electron chi connectivity index (χ0n) is 9.15. The molecule has 82 valence electrons. The SMILES string of the molecule is CC1CN=C(NC(C)(C)c2nccs2)S1. The molecule has 0 spiro atoms. The van der Waals surface area contributed by atoms with Crippen molar-refractivity contribution in [1.29, 1.82) is 0 Å². The molecule has 1 unspecified atom stereocenters. The summed E-state index contributed by atoms with van der Waals surface area (Å²) in [5.41, 5.74) is -0.121. The maximum absolute atomic E-state index is 4.46. The molecule has 0 aromatic carbocycles. The normalized spacial score (nSPS) is 21.5. The van der Waals surface area contributed by atoms with Gasteiger partial charge in [-0.25, -0.2) is 4.98 Å². The number of thiazole rings is 1. The molecule has 2 heterocycles. The third kappa shape index (κ3) is 2.52. The van der Waals surface area contributed by atoms with Crippen molar-refractivity contribution < 1.29 is 0 Å². The van der Waals surface area contributed by atoms with E-state index in [0.717, 1.165) is 16.7 Å². The average molecular weight is 241 g/mol. The number of aliphatic imine (C=N–C) groups is 1. The molecule has 2 rings (SSSR count). The van der Waals surface area contributed by atoms with Crippen LogP contribution in [0.15, 0.2) is 16.6 Å². The number of aromatic nitrogens is 1. The van der Waals surface area contributed by atoms with E-state index in [-0.39, 0.29) is 5.54 Å². The third-order valence-corrected chi connectivity index (χ3v) is 4.29. The Morgan fingerprint density at radius 1 is 1.53 bits per heavy atom. The second kappa shape index (κ2) is 4.14. The molecule has 0 saturated heterocycles. The van der Waals surface area contributed by atoms with Gasteiger partial charge in [-0.3, -0.25) is 4.99 Å². The molecule has 1 aromatic rings. The number of hydrogen-bond acceptors (Lipinski definition) is 5. The van der Waals surface area contributed by atoms with Crippen molar-refractivity contribution in [1.82, 2.24) is 10.3 Å². The molecule has 1 N–H and O–H groups in total. The first-order valence-corrected chi connectivity index (χ1v) is 6.73. The van der Waals surface area contributed by atoms with Crippen molar-refractivity contribution in [2.75, 3.05) is 6.54 Å². The fraction of sp³-hybridized carbons (Fsp3) is 0.600. The Hall–Kier alpha value is -0.550. The van der Waals surface area contributed by atoms with Crippen LogP contribution in [0.2, 0.25) is 0 Å². The summed E-state index contributed by atoms with van der Waals surface area (Å²) in [6.45, 7) is 7.38. The topological polar surface area (TPSA) is 37.3 Å². The lowest BCUT2D eigenvalue weighted by atomic mass is 10.1. The van der Waals surface area contributed by atoms with Gasteiger partial charge >= 0.3 is 0 Å². The average Bonchev–Trinajstić information content (AvgIpc) is 2.75. The van der Waals surface area contributed by atoms with Crippen molar-refractivity contribution in [3.05, 3.63) is 16.6 Å². The lowest BCUT2D eigenvalue weighted by Gasteiger charge is -2.24. The minimum atomic E-state index is -0.121. The van der Waals surface area contributed by atoms with E-state index in [9.17, 15) is 0 Å². The molecule has 1 aliphatic rings. The first-order valence-electron chi connectivity index (χ1n) is 4.97. The van der Waals surface area contributed by atoms with Crippen LogP contribution in [0.1, 0.15) is 25.8 Å². The van der Waals surface area contributed by atoms with Crippen LogP contribution in [0.25, 0.3) is 0 Å². The Morgan fingerprint density at radius 2 is 2.33 bits per heavy atom. The molecule has 0 fully saturated rings. The van der Waals surface area contributed by atoms with Crippen LogP contribution >= 0.6 is 23.1 Å². The molecular weight excluding hydrogens is 226 g/mol. The van der Waals surface area contributed by atoms with Gasteiger partial charge in [-0.1, -0.05) is 18.7 Å². The van der Waals surface area contributed by atoms with Crippen molar-refractivity contribution in [3.63, 3.8) is 0 Å². The van der Waals surface area contributed by atoms with Crippen molar-refractivity contribution in [2.45, 2.75) is 31.6 Å². The predicted molar refractivity (Wildman–Crippen MR) is 67.6 cm³/mol. The second-order valence-electron chi connectivity index (χ2n) is 4.16. The van der Waals surface area contributed by atoms with E-state index < -0.39 is 0 Å². The summed E-state index contributed by atoms with van der Waals surface area (Å²) in [4.78, 5) is 8.80. The molecular formula is C10H15N3S2. The maximum atomic E-state index is 4.46. The highest BCUT2D eigenvalue weighted by molar-refractivity contribution is 8.14. The molecule has 1 atom stereocenters. The predicted octanol–water partition coefficient (Wildman–Crippen LogP) is 2.46. The Kier molecular flexibility index (Phi) is 3.02. The molecule has 0 radical (unpaired) electrons. The van der Waals surface area contributed by atoms with Gasteiger partial charge < -0.3 is 5.32 Å². The Balaban J connectivity index is 2.05. The summed E-state index contributed by atoms with van der Waals surface area (Å²) >= 11 is 3.48. The lowest BCUT2D eigenvalue weighted by Crippen LogP contribution is -2.39. The van der Waals surface area contributed by atoms with Gasteiger partial charge in [0.05, 0.1) is 12.1 Å². The van der Waals surface area contributed by atoms with Gasteiger partial charge in [-0.15, -0.1) is 11.3 Å². The van der Waals surface area contributed by atoms with Gasteiger partial charge in [0.15, 0.2) is 5.17 Å². The van der Waals surface area contributed by atoms with Crippen molar-refractivity contribution >= 4 is 28.3 Å². The van der Waals surface area contributed by atoms with Crippen LogP contribution in [-0.4, -0.2) is 21.9 Å². The van der Waals surface area contributed by atoms with Crippen LogP contribution in [-0.2, 0) is 5.54 Å². The van der Waals surface area contributed by atoms with Crippen molar-refractivity contribution in [2.24, 2.45) is 4.99 Å². The third-order valence-electron chi connectivity index (χ3n) is 2.19. The molecule has 3 nitrogen and oxygen atoms in total. The first kappa shape index (κ1) is 11.0. The van der Waals surface area contributed by atoms with E-state index in [1.807, 2.05) is 11.6 Å². The second-order valence-corrected chi connectivity index (χ2v) is 6.48. The van der Waals surface area contributed by atoms with Gasteiger partial charge in [0.1, 0.15) is 5.01 Å². The monoisotopic (exact) mass is 241 g/mol. The Bertz CT molecular complexity index is 357. The van der Waals surface area contributed by atoms with Crippen LogP contribution < -0.4 is 5.32 Å². The fourth-order valence-corrected chi connectivity index (χ4v) is 3.11. The fourth-order valence-electron chi connectivity index (χ4n) is 1.40. The van der Waals surface area contributed by atoms with Crippen molar-refractivity contribution in [3.8, 4) is 0 Å². The molecule has 0 bridgehead atoms. The highest BCUT2D eigenvalue weighted by atomic mass is 32.2. The minimum Gasteiger partial charge on any atom is -0.354 e. The zero-order chi connectivity index (χ0) is 10.9. The summed E-state index contributed by atoms with van der Waals surface area (Å²) in [6, 6.07) is 0. The number of nitrogens with zero attached hydrogens (tertiary/aromatic N) is 2. The van der Waals surface area contributed by atoms with Crippen LogP contribution in [0, 0.1) is 0 Å². The highest BCUT2D eigenvalue weighted by Gasteiger charge is 2.27. The molecule has 1 aromatic heterocycles. The quantitative estimate of drug-likeness (QED) is 0.864. The standard InChI is InChI=1S/C10H15N3S2/c1-7-6-12-9(15-7)13-10(2,3)8-11-4-5-14-8/h4-5,7H,6H2,1-3H3,(H,12,13). The zero-order valence-corrected chi connectivity index (χ0v) is 10.8. The number of hydrogen-bond donors (Lipinski definition) is 1. The molecule has 1 aliphatic heterocycles. The lowest BCUT2D eigenvalue weighted by molar-refractivity contribution is 0.487. The number of thioether (sulfide) groups is 1. The number of amidine groups is 1.